The number of rotatable bonds is 3. The van der Waals surface area contributed by atoms with E-state index in [4.69, 9.17) is 21.1 Å². The minimum Gasteiger partial charge on any atom is -0.733 e. The highest BCUT2D eigenvalue weighted by Gasteiger charge is 2.26. The number of nitrogens with zero attached hydrogens (tertiary/aromatic N) is 1. The molecule has 136 valence electrons. The van der Waals surface area contributed by atoms with Crippen molar-refractivity contribution in [1.82, 2.24) is 0 Å². The Balaban J connectivity index is 1.87. The van der Waals surface area contributed by atoms with Crippen molar-refractivity contribution in [3.05, 3.63) is 76.5 Å². The fraction of sp³-hybridized carbons (Fsp3) is 0. The van der Waals surface area contributed by atoms with Crippen LogP contribution in [-0.4, -0.2) is 11.1 Å². The number of anilines is 2. The van der Waals surface area contributed by atoms with Crippen molar-refractivity contribution in [2.24, 2.45) is 0 Å². The minimum absolute atomic E-state index is 0.0100. The van der Waals surface area contributed by atoms with E-state index in [2.05, 4.69) is 5.32 Å². The molecule has 0 atom stereocenters. The Morgan fingerprint density at radius 3 is 2.56 bits per heavy atom. The smallest absolute Gasteiger partial charge is 0.263 e. The number of fused-ring (bicyclic) bond motifs is 2. The molecule has 0 radical (unpaired) electrons. The summed E-state index contributed by atoms with van der Waals surface area (Å²) in [5.74, 6) is 0.256. The second-order valence-corrected chi connectivity index (χ2v) is 6.08. The molecule has 0 fully saturated rings. The molecule has 0 saturated heterocycles. The summed E-state index contributed by atoms with van der Waals surface area (Å²) in [6.07, 6.45) is 0. The number of para-hydroxylation sites is 3. The monoisotopic (exact) mass is 383 g/mol. The number of nitrogens with one attached hydrogen (secondary N) is 1. The van der Waals surface area contributed by atoms with Crippen molar-refractivity contribution in [2.45, 2.75) is 0 Å². The average molecular weight is 384 g/mol. The standard InChI is InChI=1S/C19H12ClN2O5/c20-12-5-1-3-7-14(12)26-16-9-11(22(24)25)10-17-18(16)19(23)21-13-6-2-4-8-15(13)27-17/h1-10,24H,(H,21,23)/q-1. The summed E-state index contributed by atoms with van der Waals surface area (Å²) in [7, 11) is 0. The Labute approximate surface area is 158 Å². The lowest BCUT2D eigenvalue weighted by Gasteiger charge is -2.24. The number of carbonyl (C=O) groups excluding carboxylic acids is 1. The molecule has 0 saturated carbocycles. The van der Waals surface area contributed by atoms with Gasteiger partial charge in [0.1, 0.15) is 22.8 Å². The zero-order valence-corrected chi connectivity index (χ0v) is 14.4. The Morgan fingerprint density at radius 1 is 1.04 bits per heavy atom. The number of hydrogen-bond donors (Lipinski definition) is 2. The van der Waals surface area contributed by atoms with Gasteiger partial charge in [-0.15, -0.1) is 0 Å². The molecule has 0 aromatic heterocycles. The number of benzene rings is 3. The van der Waals surface area contributed by atoms with Crippen molar-refractivity contribution in [1.29, 1.82) is 0 Å². The average Bonchev–Trinajstić information content (AvgIpc) is 2.79. The van der Waals surface area contributed by atoms with Gasteiger partial charge in [0.2, 0.25) is 0 Å². The van der Waals surface area contributed by atoms with E-state index >= 15 is 0 Å². The SMILES string of the molecule is O=C1Nc2ccccc2Oc2cc(N([O-])O)cc(Oc3ccccc3Cl)c21. The second kappa shape index (κ2) is 6.81. The van der Waals surface area contributed by atoms with Gasteiger partial charge in [-0.1, -0.05) is 35.9 Å². The molecule has 0 spiro atoms. The maximum Gasteiger partial charge on any atom is 0.263 e. The first-order valence-corrected chi connectivity index (χ1v) is 8.25. The summed E-state index contributed by atoms with van der Waals surface area (Å²) in [6.45, 7) is 0. The molecule has 4 rings (SSSR count). The summed E-state index contributed by atoms with van der Waals surface area (Å²) in [5, 5.41) is 23.5. The van der Waals surface area contributed by atoms with Gasteiger partial charge in [0.15, 0.2) is 5.75 Å². The first kappa shape index (κ1) is 17.2. The lowest BCUT2D eigenvalue weighted by atomic mass is 10.1. The predicted octanol–water partition coefficient (Wildman–Crippen LogP) is 5.18. The summed E-state index contributed by atoms with van der Waals surface area (Å²) in [5.41, 5.74) is 0.367. The van der Waals surface area contributed by atoms with Crippen LogP contribution in [0.2, 0.25) is 5.02 Å². The van der Waals surface area contributed by atoms with Crippen LogP contribution in [0.25, 0.3) is 0 Å². The number of amides is 1. The molecule has 27 heavy (non-hydrogen) atoms. The van der Waals surface area contributed by atoms with Gasteiger partial charge >= 0.3 is 0 Å². The van der Waals surface area contributed by atoms with Crippen LogP contribution >= 0.6 is 11.6 Å². The lowest BCUT2D eigenvalue weighted by Crippen LogP contribution is -2.13. The molecule has 3 aromatic rings. The molecule has 3 aromatic carbocycles. The summed E-state index contributed by atoms with van der Waals surface area (Å²) in [6, 6.07) is 16.0. The maximum atomic E-state index is 12.8. The van der Waals surface area contributed by atoms with Crippen molar-refractivity contribution in [3.8, 4) is 23.0 Å². The van der Waals surface area contributed by atoms with E-state index in [0.29, 0.717) is 16.5 Å². The highest BCUT2D eigenvalue weighted by Crippen LogP contribution is 2.43. The van der Waals surface area contributed by atoms with Gasteiger partial charge in [-0.2, -0.15) is 0 Å². The van der Waals surface area contributed by atoms with Gasteiger partial charge in [-0.3, -0.25) is 10.0 Å². The van der Waals surface area contributed by atoms with E-state index in [-0.39, 0.29) is 33.7 Å². The fourth-order valence-electron chi connectivity index (χ4n) is 2.68. The van der Waals surface area contributed by atoms with Gasteiger partial charge in [0, 0.05) is 12.1 Å². The lowest BCUT2D eigenvalue weighted by molar-refractivity contribution is 0.102. The van der Waals surface area contributed by atoms with E-state index in [1.165, 1.54) is 12.1 Å². The molecule has 0 aliphatic carbocycles. The van der Waals surface area contributed by atoms with Crippen LogP contribution in [0, 0.1) is 5.21 Å². The Morgan fingerprint density at radius 2 is 1.78 bits per heavy atom. The molecule has 1 amide bonds. The second-order valence-electron chi connectivity index (χ2n) is 5.67. The molecular formula is C19H12ClN2O5-. The molecule has 0 bridgehead atoms. The molecule has 7 nitrogen and oxygen atoms in total. The number of ether oxygens (including phenoxy) is 2. The van der Waals surface area contributed by atoms with Crippen LogP contribution in [0.15, 0.2) is 60.7 Å². The van der Waals surface area contributed by atoms with Gasteiger partial charge in [0.25, 0.3) is 5.91 Å². The first-order chi connectivity index (χ1) is 13.0. The van der Waals surface area contributed by atoms with Crippen molar-refractivity contribution in [3.63, 3.8) is 0 Å². The van der Waals surface area contributed by atoms with Gasteiger partial charge < -0.3 is 25.2 Å². The number of carbonyl (C=O) groups is 1. The van der Waals surface area contributed by atoms with E-state index in [0.717, 1.165) is 0 Å². The van der Waals surface area contributed by atoms with Gasteiger partial charge in [-0.25, -0.2) is 0 Å². The van der Waals surface area contributed by atoms with Crippen LogP contribution < -0.4 is 20.0 Å². The largest absolute Gasteiger partial charge is 0.733 e. The van der Waals surface area contributed by atoms with Crippen molar-refractivity contribution in [2.75, 3.05) is 10.5 Å². The normalized spacial score (nSPS) is 12.2. The fourth-order valence-corrected chi connectivity index (χ4v) is 2.85. The van der Waals surface area contributed by atoms with Crippen LogP contribution in [-0.2, 0) is 0 Å². The Bertz CT molecular complexity index is 1040. The van der Waals surface area contributed by atoms with Crippen LogP contribution in [0.1, 0.15) is 10.4 Å². The van der Waals surface area contributed by atoms with Crippen LogP contribution in [0.4, 0.5) is 11.4 Å². The predicted molar refractivity (Wildman–Crippen MR) is 100 cm³/mol. The highest BCUT2D eigenvalue weighted by molar-refractivity contribution is 6.32. The molecule has 1 aliphatic heterocycles. The van der Waals surface area contributed by atoms with E-state index in [9.17, 15) is 15.2 Å². The van der Waals surface area contributed by atoms with Gasteiger partial charge in [0.05, 0.1) is 16.4 Å². The Hall–Kier alpha value is -3.26. The molecular weight excluding hydrogens is 372 g/mol. The van der Waals surface area contributed by atoms with E-state index in [1.807, 2.05) is 0 Å². The van der Waals surface area contributed by atoms with Crippen LogP contribution in [0.3, 0.4) is 0 Å². The number of halogens is 1. The minimum atomic E-state index is -0.487. The molecule has 1 heterocycles. The quantitative estimate of drug-likeness (QED) is 0.605. The highest BCUT2D eigenvalue weighted by atomic mass is 35.5. The first-order valence-electron chi connectivity index (χ1n) is 7.88. The topological polar surface area (TPSA) is 94.1 Å². The summed E-state index contributed by atoms with van der Waals surface area (Å²) < 4.78 is 11.6. The Kier molecular flexibility index (Phi) is 4.33. The molecule has 8 heteroatoms. The third-order valence-electron chi connectivity index (χ3n) is 3.91. The number of hydrogen-bond acceptors (Lipinski definition) is 6. The third kappa shape index (κ3) is 3.26. The van der Waals surface area contributed by atoms with Gasteiger partial charge in [-0.05, 0) is 24.3 Å². The van der Waals surface area contributed by atoms with Crippen molar-refractivity contribution < 1.29 is 19.5 Å². The molecule has 2 N–H and O–H groups in total. The molecule has 0 unspecified atom stereocenters. The zero-order chi connectivity index (χ0) is 19.0. The van der Waals surface area contributed by atoms with Crippen molar-refractivity contribution >= 4 is 28.9 Å². The van der Waals surface area contributed by atoms with E-state index in [1.54, 1.807) is 48.5 Å². The maximum absolute atomic E-state index is 12.8. The summed E-state index contributed by atoms with van der Waals surface area (Å²) in [4.78, 5) is 12.8. The molecule has 1 aliphatic rings. The summed E-state index contributed by atoms with van der Waals surface area (Å²) >= 11 is 6.12. The van der Waals surface area contributed by atoms with Crippen LogP contribution in [0.5, 0.6) is 23.0 Å². The third-order valence-corrected chi connectivity index (χ3v) is 4.22. The zero-order valence-electron chi connectivity index (χ0n) is 13.7. The van der Waals surface area contributed by atoms with E-state index < -0.39 is 5.91 Å².